The molecule has 26 heavy (non-hydrogen) atoms. The summed E-state index contributed by atoms with van der Waals surface area (Å²) in [5, 5.41) is 4.10. The second kappa shape index (κ2) is 6.75. The van der Waals surface area contributed by atoms with Crippen LogP contribution in [0.2, 0.25) is 0 Å². The molecule has 1 saturated heterocycles. The van der Waals surface area contributed by atoms with Crippen LogP contribution in [0.1, 0.15) is 24.0 Å². The van der Waals surface area contributed by atoms with Gasteiger partial charge in [0.2, 0.25) is 5.91 Å². The third kappa shape index (κ3) is 3.01. The summed E-state index contributed by atoms with van der Waals surface area (Å²) in [6.07, 6.45) is 3.38. The van der Waals surface area contributed by atoms with E-state index in [1.807, 2.05) is 50.2 Å². The number of nitrogens with zero attached hydrogens (tertiary/aromatic N) is 3. The van der Waals surface area contributed by atoms with Crippen molar-refractivity contribution in [3.8, 4) is 0 Å². The van der Waals surface area contributed by atoms with E-state index in [9.17, 15) is 4.79 Å². The van der Waals surface area contributed by atoms with Crippen molar-refractivity contribution in [3.63, 3.8) is 0 Å². The summed E-state index contributed by atoms with van der Waals surface area (Å²) in [4.78, 5) is 23.9. The van der Waals surface area contributed by atoms with Crippen molar-refractivity contribution in [3.05, 3.63) is 59.9 Å². The summed E-state index contributed by atoms with van der Waals surface area (Å²) in [6.45, 7) is 4.87. The minimum atomic E-state index is -0.215. The fraction of sp³-hybridized carbons (Fsp3) is 0.286. The number of hydrogen-bond acceptors (Lipinski definition) is 4. The number of amides is 1. The summed E-state index contributed by atoms with van der Waals surface area (Å²) in [5.74, 6) is 0.869. The number of benzene rings is 2. The number of carbonyl (C=O) groups excluding carboxylic acids is 1. The number of carbonyl (C=O) groups is 1. The highest BCUT2D eigenvalue weighted by atomic mass is 16.2. The largest absolute Gasteiger partial charge is 0.344 e. The van der Waals surface area contributed by atoms with E-state index in [-0.39, 0.29) is 11.9 Å². The molecular formula is C21H22N4O. The van der Waals surface area contributed by atoms with Crippen LogP contribution in [-0.4, -0.2) is 28.5 Å². The van der Waals surface area contributed by atoms with Crippen molar-refractivity contribution in [2.75, 3.05) is 16.8 Å². The van der Waals surface area contributed by atoms with Gasteiger partial charge in [-0.1, -0.05) is 24.3 Å². The van der Waals surface area contributed by atoms with Crippen LogP contribution in [0.3, 0.4) is 0 Å². The predicted octanol–water partition coefficient (Wildman–Crippen LogP) is 3.85. The normalized spacial score (nSPS) is 16.8. The molecule has 4 rings (SSSR count). The second-order valence-electron chi connectivity index (χ2n) is 6.87. The van der Waals surface area contributed by atoms with Gasteiger partial charge >= 0.3 is 0 Å². The summed E-state index contributed by atoms with van der Waals surface area (Å²) in [5.41, 5.74) is 3.99. The topological polar surface area (TPSA) is 58.1 Å². The quantitative estimate of drug-likeness (QED) is 0.782. The van der Waals surface area contributed by atoms with E-state index in [1.165, 1.54) is 0 Å². The van der Waals surface area contributed by atoms with Gasteiger partial charge in [-0.2, -0.15) is 0 Å². The zero-order chi connectivity index (χ0) is 18.1. The average Bonchev–Trinajstić information content (AvgIpc) is 3.14. The number of fused-ring (bicyclic) bond motifs is 1. The summed E-state index contributed by atoms with van der Waals surface area (Å²) in [6, 6.07) is 13.8. The smallest absolute Gasteiger partial charge is 0.247 e. The highest BCUT2D eigenvalue weighted by Crippen LogP contribution is 2.30. The molecule has 1 amide bonds. The molecule has 0 radical (unpaired) electrons. The first-order valence-electron chi connectivity index (χ1n) is 8.98. The fourth-order valence-corrected chi connectivity index (χ4v) is 3.60. The molecule has 2 heterocycles. The third-order valence-corrected chi connectivity index (χ3v) is 5.00. The lowest BCUT2D eigenvalue weighted by Gasteiger charge is -2.26. The lowest BCUT2D eigenvalue weighted by molar-refractivity contribution is -0.117. The van der Waals surface area contributed by atoms with E-state index in [1.54, 1.807) is 6.33 Å². The molecule has 1 fully saturated rings. The average molecular weight is 346 g/mol. The van der Waals surface area contributed by atoms with E-state index in [2.05, 4.69) is 26.3 Å². The van der Waals surface area contributed by atoms with Crippen LogP contribution in [0, 0.1) is 13.8 Å². The first kappa shape index (κ1) is 16.5. The molecule has 0 aliphatic carbocycles. The van der Waals surface area contributed by atoms with E-state index >= 15 is 0 Å². The van der Waals surface area contributed by atoms with Crippen molar-refractivity contribution in [1.29, 1.82) is 0 Å². The molecule has 2 aromatic carbocycles. The molecule has 5 nitrogen and oxygen atoms in total. The van der Waals surface area contributed by atoms with Gasteiger partial charge in [-0.15, -0.1) is 0 Å². The first-order valence-corrected chi connectivity index (χ1v) is 8.98. The molecule has 5 heteroatoms. The van der Waals surface area contributed by atoms with Crippen molar-refractivity contribution < 1.29 is 4.79 Å². The van der Waals surface area contributed by atoms with E-state index in [0.29, 0.717) is 0 Å². The van der Waals surface area contributed by atoms with Gasteiger partial charge in [0.05, 0.1) is 5.52 Å². The number of aryl methyl sites for hydroxylation is 2. The van der Waals surface area contributed by atoms with Gasteiger partial charge in [-0.25, -0.2) is 9.97 Å². The summed E-state index contributed by atoms with van der Waals surface area (Å²) >= 11 is 0. The molecule has 1 unspecified atom stereocenters. The van der Waals surface area contributed by atoms with Crippen LogP contribution in [0.25, 0.3) is 10.9 Å². The summed E-state index contributed by atoms with van der Waals surface area (Å²) in [7, 11) is 0. The molecule has 1 atom stereocenters. The molecule has 0 saturated carbocycles. The van der Waals surface area contributed by atoms with Gasteiger partial charge in [0.25, 0.3) is 0 Å². The molecule has 1 N–H and O–H groups in total. The predicted molar refractivity (Wildman–Crippen MR) is 104 cm³/mol. The number of para-hydroxylation sites is 1. The van der Waals surface area contributed by atoms with Crippen molar-refractivity contribution in [2.24, 2.45) is 0 Å². The van der Waals surface area contributed by atoms with E-state index in [4.69, 9.17) is 0 Å². The molecule has 1 aliphatic heterocycles. The Morgan fingerprint density at radius 1 is 1.15 bits per heavy atom. The minimum Gasteiger partial charge on any atom is -0.344 e. The van der Waals surface area contributed by atoms with Crippen LogP contribution >= 0.6 is 0 Å². The number of rotatable bonds is 3. The zero-order valence-corrected chi connectivity index (χ0v) is 15.1. The Kier molecular flexibility index (Phi) is 4.29. The Balaban J connectivity index is 1.64. The maximum Gasteiger partial charge on any atom is 0.247 e. The van der Waals surface area contributed by atoms with Gasteiger partial charge in [0.15, 0.2) is 0 Å². The first-order chi connectivity index (χ1) is 12.6. The van der Waals surface area contributed by atoms with E-state index < -0.39 is 0 Å². The van der Waals surface area contributed by atoms with Gasteiger partial charge in [-0.3, -0.25) is 4.79 Å². The Bertz CT molecular complexity index is 964. The van der Waals surface area contributed by atoms with Gasteiger partial charge in [0.1, 0.15) is 18.2 Å². The van der Waals surface area contributed by atoms with Crippen LogP contribution < -0.4 is 10.2 Å². The standard InChI is InChI=1S/C21H22N4O/c1-14-9-10-15(2)18(12-14)24-21(26)19-8-5-11-25(19)20-16-6-3-4-7-17(16)22-13-23-20/h3-4,6-7,9-10,12-13,19H,5,8,11H2,1-2H3,(H,24,26). The Labute approximate surface area is 153 Å². The molecule has 1 aromatic heterocycles. The summed E-state index contributed by atoms with van der Waals surface area (Å²) < 4.78 is 0. The molecule has 0 spiro atoms. The monoisotopic (exact) mass is 346 g/mol. The van der Waals surface area contributed by atoms with Crippen LogP contribution in [0.4, 0.5) is 11.5 Å². The Morgan fingerprint density at radius 3 is 2.88 bits per heavy atom. The van der Waals surface area contributed by atoms with Crippen LogP contribution in [-0.2, 0) is 4.79 Å². The van der Waals surface area contributed by atoms with Gasteiger partial charge in [0, 0.05) is 17.6 Å². The Hall–Kier alpha value is -2.95. The minimum absolute atomic E-state index is 0.0268. The van der Waals surface area contributed by atoms with Crippen LogP contribution in [0.15, 0.2) is 48.8 Å². The van der Waals surface area contributed by atoms with E-state index in [0.717, 1.165) is 52.9 Å². The molecule has 0 bridgehead atoms. The third-order valence-electron chi connectivity index (χ3n) is 5.00. The number of anilines is 2. The maximum absolute atomic E-state index is 13.0. The highest BCUT2D eigenvalue weighted by Gasteiger charge is 2.32. The lowest BCUT2D eigenvalue weighted by atomic mass is 10.1. The Morgan fingerprint density at radius 2 is 2.00 bits per heavy atom. The fourth-order valence-electron chi connectivity index (χ4n) is 3.60. The second-order valence-corrected chi connectivity index (χ2v) is 6.87. The SMILES string of the molecule is Cc1ccc(C)c(NC(=O)C2CCCN2c2ncnc3ccccc23)c1. The number of hydrogen-bond donors (Lipinski definition) is 1. The molecule has 1 aliphatic rings. The molecular weight excluding hydrogens is 324 g/mol. The maximum atomic E-state index is 13.0. The lowest BCUT2D eigenvalue weighted by Crippen LogP contribution is -2.40. The van der Waals surface area contributed by atoms with Crippen LogP contribution in [0.5, 0.6) is 0 Å². The van der Waals surface area contributed by atoms with Gasteiger partial charge < -0.3 is 10.2 Å². The van der Waals surface area contributed by atoms with Gasteiger partial charge in [-0.05, 0) is 56.0 Å². The number of aromatic nitrogens is 2. The van der Waals surface area contributed by atoms with Crippen molar-refractivity contribution in [1.82, 2.24) is 9.97 Å². The molecule has 132 valence electrons. The zero-order valence-electron chi connectivity index (χ0n) is 15.1. The van der Waals surface area contributed by atoms with Crippen molar-refractivity contribution >= 4 is 28.3 Å². The van der Waals surface area contributed by atoms with Crippen molar-refractivity contribution in [2.45, 2.75) is 32.7 Å². The number of nitrogens with one attached hydrogen (secondary N) is 1. The highest BCUT2D eigenvalue weighted by molar-refractivity contribution is 5.99. The molecule has 3 aromatic rings.